The van der Waals surface area contributed by atoms with Crippen LogP contribution in [-0.4, -0.2) is 27.9 Å². The number of rotatable bonds is 4. The van der Waals surface area contributed by atoms with Crippen molar-refractivity contribution in [1.82, 2.24) is 4.90 Å². The quantitative estimate of drug-likeness (QED) is 0.834. The molecule has 98 valence electrons. The van der Waals surface area contributed by atoms with Crippen molar-refractivity contribution in [2.24, 2.45) is 0 Å². The predicted molar refractivity (Wildman–Crippen MR) is 69.5 cm³/mol. The summed E-state index contributed by atoms with van der Waals surface area (Å²) in [5, 5.41) is 9.38. The molecule has 1 amide bonds. The van der Waals surface area contributed by atoms with Gasteiger partial charge in [-0.25, -0.2) is 4.79 Å². The third-order valence-corrected chi connectivity index (χ3v) is 2.74. The van der Waals surface area contributed by atoms with E-state index in [1.54, 1.807) is 0 Å². The number of hydrogen-bond acceptors (Lipinski definition) is 2. The van der Waals surface area contributed by atoms with Gasteiger partial charge in [-0.2, -0.15) is 0 Å². The first-order chi connectivity index (χ1) is 8.38. The minimum atomic E-state index is -1.02. The van der Waals surface area contributed by atoms with Gasteiger partial charge in [-0.1, -0.05) is 30.3 Å². The molecule has 1 aromatic carbocycles. The molecule has 0 radical (unpaired) electrons. The third-order valence-electron chi connectivity index (χ3n) is 2.74. The molecular weight excluding hydrogens is 230 g/mol. The van der Waals surface area contributed by atoms with Crippen LogP contribution in [0, 0.1) is 0 Å². The lowest BCUT2D eigenvalue weighted by Crippen LogP contribution is -2.47. The van der Waals surface area contributed by atoms with E-state index in [0.717, 1.165) is 11.8 Å². The highest BCUT2D eigenvalue weighted by atomic mass is 16.4. The molecule has 0 heterocycles. The van der Waals surface area contributed by atoms with Crippen molar-refractivity contribution >= 4 is 12.4 Å². The largest absolute Gasteiger partial charge is 0.465 e. The molecule has 0 saturated carbocycles. The Hall–Kier alpha value is -1.84. The lowest BCUT2D eigenvalue weighted by molar-refractivity contribution is -0.109. The van der Waals surface area contributed by atoms with E-state index in [-0.39, 0.29) is 6.42 Å². The molecule has 18 heavy (non-hydrogen) atoms. The molecule has 1 aromatic rings. The zero-order valence-electron chi connectivity index (χ0n) is 11.0. The lowest BCUT2D eigenvalue weighted by Gasteiger charge is -2.39. The number of nitrogens with zero attached hydrogens (tertiary/aromatic N) is 1. The van der Waals surface area contributed by atoms with Crippen LogP contribution >= 0.6 is 0 Å². The average molecular weight is 249 g/mol. The smallest absolute Gasteiger partial charge is 0.408 e. The Morgan fingerprint density at radius 2 is 1.89 bits per heavy atom. The number of carbonyl (C=O) groups is 2. The van der Waals surface area contributed by atoms with Crippen LogP contribution in [-0.2, 0) is 4.79 Å². The Morgan fingerprint density at radius 3 is 2.28 bits per heavy atom. The minimum Gasteiger partial charge on any atom is -0.465 e. The summed E-state index contributed by atoms with van der Waals surface area (Å²) in [4.78, 5) is 23.6. The third kappa shape index (κ3) is 3.32. The molecule has 1 atom stereocenters. The fraction of sp³-hybridized carbons (Fsp3) is 0.429. The SMILES string of the molecule is CC(C)(C)N(C(=O)O)[C@@H](CC=O)c1ccccc1. The Labute approximate surface area is 107 Å². The van der Waals surface area contributed by atoms with Crippen LogP contribution < -0.4 is 0 Å². The van der Waals surface area contributed by atoms with E-state index in [0.29, 0.717) is 0 Å². The Morgan fingerprint density at radius 1 is 1.33 bits per heavy atom. The second-order valence-electron chi connectivity index (χ2n) is 5.15. The van der Waals surface area contributed by atoms with E-state index in [1.807, 2.05) is 51.1 Å². The van der Waals surface area contributed by atoms with Gasteiger partial charge in [-0.15, -0.1) is 0 Å². The fourth-order valence-electron chi connectivity index (χ4n) is 2.04. The molecule has 0 aromatic heterocycles. The van der Waals surface area contributed by atoms with Crippen molar-refractivity contribution in [3.63, 3.8) is 0 Å². The van der Waals surface area contributed by atoms with Gasteiger partial charge in [0.2, 0.25) is 0 Å². The topological polar surface area (TPSA) is 57.6 Å². The first-order valence-electron chi connectivity index (χ1n) is 5.88. The summed E-state index contributed by atoms with van der Waals surface area (Å²) in [6, 6.07) is 8.79. The monoisotopic (exact) mass is 249 g/mol. The highest BCUT2D eigenvalue weighted by Gasteiger charge is 2.33. The summed E-state index contributed by atoms with van der Waals surface area (Å²) in [5.74, 6) is 0. The molecule has 0 aliphatic rings. The molecule has 0 fully saturated rings. The molecule has 0 spiro atoms. The molecule has 4 heteroatoms. The second-order valence-corrected chi connectivity index (χ2v) is 5.15. The van der Waals surface area contributed by atoms with E-state index in [2.05, 4.69) is 0 Å². The molecule has 0 aliphatic carbocycles. The molecule has 0 saturated heterocycles. The van der Waals surface area contributed by atoms with Crippen molar-refractivity contribution < 1.29 is 14.7 Å². The summed E-state index contributed by atoms with van der Waals surface area (Å²) in [7, 11) is 0. The van der Waals surface area contributed by atoms with Crippen molar-refractivity contribution in [3.8, 4) is 0 Å². The van der Waals surface area contributed by atoms with Crippen LogP contribution in [0.25, 0.3) is 0 Å². The fourth-order valence-corrected chi connectivity index (χ4v) is 2.04. The van der Waals surface area contributed by atoms with E-state index in [1.165, 1.54) is 4.90 Å². The van der Waals surface area contributed by atoms with Crippen molar-refractivity contribution in [1.29, 1.82) is 0 Å². The number of carbonyl (C=O) groups excluding carboxylic acids is 1. The molecule has 0 bridgehead atoms. The van der Waals surface area contributed by atoms with Gasteiger partial charge in [-0.05, 0) is 26.3 Å². The molecule has 0 unspecified atom stereocenters. The molecule has 0 aliphatic heterocycles. The number of amides is 1. The molecule has 1 rings (SSSR count). The summed E-state index contributed by atoms with van der Waals surface area (Å²) < 4.78 is 0. The number of carboxylic acid groups (broad SMARTS) is 1. The molecule has 1 N–H and O–H groups in total. The van der Waals surface area contributed by atoms with Crippen molar-refractivity contribution in [2.75, 3.05) is 0 Å². The first-order valence-corrected chi connectivity index (χ1v) is 5.88. The van der Waals surface area contributed by atoms with Gasteiger partial charge in [-0.3, -0.25) is 4.90 Å². The minimum absolute atomic E-state index is 0.160. The van der Waals surface area contributed by atoms with E-state index < -0.39 is 17.7 Å². The summed E-state index contributed by atoms with van der Waals surface area (Å²) in [5.41, 5.74) is 0.275. The standard InChI is InChI=1S/C14H19NO3/c1-14(2,3)15(13(17)18)12(9-10-16)11-7-5-4-6-8-11/h4-8,10,12H,9H2,1-3H3,(H,17,18)/t12-/m0/s1. The average Bonchev–Trinajstić information content (AvgIpc) is 2.27. The number of hydrogen-bond donors (Lipinski definition) is 1. The van der Waals surface area contributed by atoms with Gasteiger partial charge in [0, 0.05) is 12.0 Å². The van der Waals surface area contributed by atoms with Gasteiger partial charge >= 0.3 is 6.09 Å². The van der Waals surface area contributed by atoms with Crippen LogP contribution in [0.15, 0.2) is 30.3 Å². The van der Waals surface area contributed by atoms with Gasteiger partial charge in [0.05, 0.1) is 6.04 Å². The number of aldehydes is 1. The lowest BCUT2D eigenvalue weighted by atomic mass is 9.96. The summed E-state index contributed by atoms with van der Waals surface area (Å²) in [6.07, 6.45) is -0.0920. The molecule has 4 nitrogen and oxygen atoms in total. The van der Waals surface area contributed by atoms with Crippen LogP contribution in [0.2, 0.25) is 0 Å². The maximum Gasteiger partial charge on any atom is 0.408 e. The van der Waals surface area contributed by atoms with Crippen LogP contribution in [0.3, 0.4) is 0 Å². The van der Waals surface area contributed by atoms with Crippen molar-refractivity contribution in [2.45, 2.75) is 38.8 Å². The Kier molecular flexibility index (Phi) is 4.48. The predicted octanol–water partition coefficient (Wildman–Crippen LogP) is 3.10. The summed E-state index contributed by atoms with van der Waals surface area (Å²) in [6.45, 7) is 5.46. The van der Waals surface area contributed by atoms with E-state index >= 15 is 0 Å². The highest BCUT2D eigenvalue weighted by Crippen LogP contribution is 2.30. The number of benzene rings is 1. The van der Waals surface area contributed by atoms with E-state index in [4.69, 9.17) is 0 Å². The normalized spacial score (nSPS) is 12.8. The summed E-state index contributed by atoms with van der Waals surface area (Å²) >= 11 is 0. The zero-order chi connectivity index (χ0) is 13.8. The van der Waals surface area contributed by atoms with Gasteiger partial charge in [0.15, 0.2) is 0 Å². The first kappa shape index (κ1) is 14.2. The Bertz CT molecular complexity index is 409. The second kappa shape index (κ2) is 5.67. The van der Waals surface area contributed by atoms with E-state index in [9.17, 15) is 14.7 Å². The highest BCUT2D eigenvalue weighted by molar-refractivity contribution is 5.68. The maximum absolute atomic E-state index is 11.4. The van der Waals surface area contributed by atoms with Crippen LogP contribution in [0.5, 0.6) is 0 Å². The van der Waals surface area contributed by atoms with Gasteiger partial charge in [0.25, 0.3) is 0 Å². The Balaban J connectivity index is 3.17. The zero-order valence-corrected chi connectivity index (χ0v) is 11.0. The van der Waals surface area contributed by atoms with Gasteiger partial charge in [0.1, 0.15) is 6.29 Å². The van der Waals surface area contributed by atoms with Gasteiger partial charge < -0.3 is 9.90 Å². The van der Waals surface area contributed by atoms with Crippen LogP contribution in [0.4, 0.5) is 4.79 Å². The van der Waals surface area contributed by atoms with Crippen molar-refractivity contribution in [3.05, 3.63) is 35.9 Å². The maximum atomic E-state index is 11.4. The van der Waals surface area contributed by atoms with Crippen LogP contribution in [0.1, 0.15) is 38.8 Å². The molecular formula is C14H19NO3.